The zero-order chi connectivity index (χ0) is 26.6. The van der Waals surface area contributed by atoms with Crippen LogP contribution >= 0.6 is 0 Å². The lowest BCUT2D eigenvalue weighted by Crippen LogP contribution is -2.50. The highest BCUT2D eigenvalue weighted by Crippen LogP contribution is 2.37. The molecule has 0 radical (unpaired) electrons. The fourth-order valence-electron chi connectivity index (χ4n) is 5.86. The van der Waals surface area contributed by atoms with Crippen molar-refractivity contribution in [2.24, 2.45) is 0 Å². The summed E-state index contributed by atoms with van der Waals surface area (Å²) in [6, 6.07) is 19.4. The van der Waals surface area contributed by atoms with Gasteiger partial charge in [-0.1, -0.05) is 67.8 Å². The Balaban J connectivity index is 1.27. The van der Waals surface area contributed by atoms with Crippen molar-refractivity contribution in [3.05, 3.63) is 77.4 Å². The van der Waals surface area contributed by atoms with Gasteiger partial charge in [0.05, 0.1) is 5.69 Å². The molecule has 6 heteroatoms. The van der Waals surface area contributed by atoms with Gasteiger partial charge in [-0.15, -0.1) is 0 Å². The van der Waals surface area contributed by atoms with Crippen molar-refractivity contribution < 1.29 is 14.4 Å². The summed E-state index contributed by atoms with van der Waals surface area (Å²) in [7, 11) is 0. The van der Waals surface area contributed by atoms with Crippen LogP contribution in [0.2, 0.25) is 0 Å². The first-order valence-electron chi connectivity index (χ1n) is 13.9. The first-order chi connectivity index (χ1) is 18.4. The molecular weight excluding hydrogens is 474 g/mol. The van der Waals surface area contributed by atoms with Crippen molar-refractivity contribution in [1.82, 2.24) is 10.2 Å². The highest BCUT2D eigenvalue weighted by atomic mass is 16.2. The molecule has 3 aromatic carbocycles. The number of carbonyl (C=O) groups excluding carboxylic acids is 3. The van der Waals surface area contributed by atoms with Crippen LogP contribution in [0.1, 0.15) is 73.4 Å². The van der Waals surface area contributed by atoms with Crippen molar-refractivity contribution in [3.8, 4) is 0 Å². The second kappa shape index (κ2) is 11.4. The van der Waals surface area contributed by atoms with Crippen LogP contribution in [0, 0.1) is 6.92 Å². The summed E-state index contributed by atoms with van der Waals surface area (Å²) >= 11 is 0. The third-order valence-corrected chi connectivity index (χ3v) is 8.14. The van der Waals surface area contributed by atoms with E-state index in [1.807, 2.05) is 74.5 Å². The SMILES string of the molecule is Cc1ccccc1CN(C(=O)CCCN1C(=O)c2cccc3cccc1c23)[C@H](C)C(=O)NC1CCCCC1. The predicted molar refractivity (Wildman–Crippen MR) is 151 cm³/mol. The van der Waals surface area contributed by atoms with Crippen molar-refractivity contribution in [2.45, 2.75) is 77.4 Å². The van der Waals surface area contributed by atoms with Crippen LogP contribution < -0.4 is 10.2 Å². The van der Waals surface area contributed by atoms with E-state index in [4.69, 9.17) is 0 Å². The van der Waals surface area contributed by atoms with Crippen molar-refractivity contribution in [2.75, 3.05) is 11.4 Å². The van der Waals surface area contributed by atoms with Gasteiger partial charge in [-0.25, -0.2) is 0 Å². The molecule has 6 nitrogen and oxygen atoms in total. The van der Waals surface area contributed by atoms with Crippen molar-refractivity contribution in [1.29, 1.82) is 0 Å². The lowest BCUT2D eigenvalue weighted by atomic mass is 9.95. The number of nitrogens with one attached hydrogen (secondary N) is 1. The van der Waals surface area contributed by atoms with E-state index >= 15 is 0 Å². The first kappa shape index (κ1) is 26.0. The molecule has 1 aliphatic carbocycles. The number of rotatable bonds is 9. The molecule has 0 bridgehead atoms. The van der Waals surface area contributed by atoms with E-state index in [1.165, 1.54) is 6.42 Å². The molecule has 1 atom stereocenters. The molecule has 1 aliphatic heterocycles. The van der Waals surface area contributed by atoms with Crippen LogP contribution in [0.25, 0.3) is 10.8 Å². The molecule has 1 N–H and O–H groups in total. The van der Waals surface area contributed by atoms with E-state index in [-0.39, 0.29) is 30.2 Å². The number of benzene rings is 3. The molecule has 0 unspecified atom stereocenters. The molecule has 3 amide bonds. The summed E-state index contributed by atoms with van der Waals surface area (Å²) in [6.07, 6.45) is 6.29. The molecule has 0 spiro atoms. The zero-order valence-corrected chi connectivity index (χ0v) is 22.4. The Morgan fingerprint density at radius 2 is 1.74 bits per heavy atom. The minimum Gasteiger partial charge on any atom is -0.352 e. The van der Waals surface area contributed by atoms with Gasteiger partial charge in [0.25, 0.3) is 5.91 Å². The Labute approximate surface area is 225 Å². The van der Waals surface area contributed by atoms with Gasteiger partial charge in [0.2, 0.25) is 11.8 Å². The molecule has 5 rings (SSSR count). The number of anilines is 1. The highest BCUT2D eigenvalue weighted by Gasteiger charge is 2.31. The van der Waals surface area contributed by atoms with Crippen LogP contribution in [0.4, 0.5) is 5.69 Å². The normalized spacial score (nSPS) is 16.1. The summed E-state index contributed by atoms with van der Waals surface area (Å²) in [5, 5.41) is 5.23. The smallest absolute Gasteiger partial charge is 0.258 e. The summed E-state index contributed by atoms with van der Waals surface area (Å²) in [6.45, 7) is 4.70. The lowest BCUT2D eigenvalue weighted by Gasteiger charge is -2.32. The van der Waals surface area contributed by atoms with E-state index in [9.17, 15) is 14.4 Å². The Kier molecular flexibility index (Phi) is 7.77. The van der Waals surface area contributed by atoms with Gasteiger partial charge in [0.15, 0.2) is 0 Å². The molecule has 3 aromatic rings. The largest absolute Gasteiger partial charge is 0.352 e. The summed E-state index contributed by atoms with van der Waals surface area (Å²) in [5.74, 6) is -0.168. The van der Waals surface area contributed by atoms with E-state index in [1.54, 1.807) is 9.80 Å². The van der Waals surface area contributed by atoms with E-state index in [0.29, 0.717) is 19.5 Å². The van der Waals surface area contributed by atoms with E-state index in [2.05, 4.69) is 5.32 Å². The third kappa shape index (κ3) is 5.31. The second-order valence-corrected chi connectivity index (χ2v) is 10.7. The number of nitrogens with zero attached hydrogens (tertiary/aromatic N) is 2. The topological polar surface area (TPSA) is 69.7 Å². The van der Waals surface area contributed by atoms with E-state index in [0.717, 1.165) is 58.8 Å². The van der Waals surface area contributed by atoms with Gasteiger partial charge in [0, 0.05) is 36.5 Å². The molecule has 2 aliphatic rings. The minimum atomic E-state index is -0.574. The summed E-state index contributed by atoms with van der Waals surface area (Å²) in [5.41, 5.74) is 3.76. The molecule has 0 aromatic heterocycles. The van der Waals surface area contributed by atoms with Gasteiger partial charge < -0.3 is 15.1 Å². The molecule has 198 valence electrons. The standard InChI is InChI=1S/C32H37N3O3/c1-22-11-6-7-12-25(22)21-35(23(2)31(37)33-26-15-4-3-5-16-26)29(36)19-10-20-34-28-18-9-14-24-13-8-17-27(30(24)28)32(34)38/h6-9,11-14,17-18,23,26H,3-5,10,15-16,19-21H2,1-2H3,(H,33,37)/t23-/m1/s1. The van der Waals surface area contributed by atoms with Crippen molar-refractivity contribution in [3.63, 3.8) is 0 Å². The molecule has 0 saturated heterocycles. The fourth-order valence-corrected chi connectivity index (χ4v) is 5.86. The van der Waals surface area contributed by atoms with Gasteiger partial charge in [-0.05, 0) is 61.8 Å². The maximum absolute atomic E-state index is 13.6. The van der Waals surface area contributed by atoms with E-state index < -0.39 is 6.04 Å². The monoisotopic (exact) mass is 511 g/mol. The molecule has 1 heterocycles. The van der Waals surface area contributed by atoms with Gasteiger partial charge in [0.1, 0.15) is 6.04 Å². The molecule has 1 fully saturated rings. The first-order valence-corrected chi connectivity index (χ1v) is 13.9. The number of hydrogen-bond acceptors (Lipinski definition) is 3. The maximum atomic E-state index is 13.6. The average molecular weight is 512 g/mol. The van der Waals surface area contributed by atoms with Crippen LogP contribution in [-0.2, 0) is 16.1 Å². The zero-order valence-electron chi connectivity index (χ0n) is 22.4. The number of amides is 3. The van der Waals surface area contributed by atoms with Crippen LogP contribution in [0.5, 0.6) is 0 Å². The quantitative estimate of drug-likeness (QED) is 0.397. The van der Waals surface area contributed by atoms with Gasteiger partial charge in [-0.3, -0.25) is 14.4 Å². The number of hydrogen-bond donors (Lipinski definition) is 1. The van der Waals surface area contributed by atoms with Gasteiger partial charge in [-0.2, -0.15) is 0 Å². The molecule has 38 heavy (non-hydrogen) atoms. The molecule has 1 saturated carbocycles. The maximum Gasteiger partial charge on any atom is 0.258 e. The Morgan fingerprint density at radius 3 is 2.50 bits per heavy atom. The Bertz CT molecular complexity index is 1340. The number of aryl methyl sites for hydroxylation is 1. The predicted octanol–water partition coefficient (Wildman–Crippen LogP) is 5.75. The molecular formula is C32H37N3O3. The second-order valence-electron chi connectivity index (χ2n) is 10.7. The van der Waals surface area contributed by atoms with Gasteiger partial charge >= 0.3 is 0 Å². The Morgan fingerprint density at radius 1 is 1.00 bits per heavy atom. The van der Waals surface area contributed by atoms with Crippen LogP contribution in [0.15, 0.2) is 60.7 Å². The minimum absolute atomic E-state index is 0.0127. The average Bonchev–Trinajstić information content (AvgIpc) is 3.21. The van der Waals surface area contributed by atoms with Crippen molar-refractivity contribution >= 4 is 34.2 Å². The third-order valence-electron chi connectivity index (χ3n) is 8.14. The summed E-state index contributed by atoms with van der Waals surface area (Å²) in [4.78, 5) is 43.5. The van der Waals surface area contributed by atoms with Crippen LogP contribution in [0.3, 0.4) is 0 Å². The van der Waals surface area contributed by atoms with Crippen LogP contribution in [-0.4, -0.2) is 41.2 Å². The fraction of sp³-hybridized carbons (Fsp3) is 0.406. The Hall–Kier alpha value is -3.67. The lowest BCUT2D eigenvalue weighted by molar-refractivity contribution is -0.141. The summed E-state index contributed by atoms with van der Waals surface area (Å²) < 4.78 is 0. The number of carbonyl (C=O) groups is 3. The highest BCUT2D eigenvalue weighted by molar-refractivity contribution is 6.25.